The van der Waals surface area contributed by atoms with Gasteiger partial charge in [0.15, 0.2) is 0 Å². The summed E-state index contributed by atoms with van der Waals surface area (Å²) in [6.07, 6.45) is 7.51. The number of aryl methyl sites for hydroxylation is 2. The molecule has 0 aromatic carbocycles. The number of halogens is 1. The third-order valence-electron chi connectivity index (χ3n) is 4.56. The van der Waals surface area contributed by atoms with Gasteiger partial charge >= 0.3 is 0 Å². The zero-order valence-corrected chi connectivity index (χ0v) is 15.3. The Morgan fingerprint density at radius 2 is 1.96 bits per heavy atom. The highest BCUT2D eigenvalue weighted by atomic mass is 19.1. The van der Waals surface area contributed by atoms with E-state index in [9.17, 15) is 4.39 Å². The van der Waals surface area contributed by atoms with Gasteiger partial charge in [-0.05, 0) is 54.3 Å². The van der Waals surface area contributed by atoms with Crippen molar-refractivity contribution in [2.24, 2.45) is 0 Å². The highest BCUT2D eigenvalue weighted by Gasteiger charge is 2.09. The van der Waals surface area contributed by atoms with E-state index < -0.39 is 0 Å². The number of nitrogens with zero attached hydrogens (tertiary/aromatic N) is 3. The van der Waals surface area contributed by atoms with E-state index in [-0.39, 0.29) is 5.82 Å². The van der Waals surface area contributed by atoms with E-state index in [0.29, 0.717) is 6.54 Å². The van der Waals surface area contributed by atoms with Gasteiger partial charge in [0.25, 0.3) is 0 Å². The van der Waals surface area contributed by atoms with Gasteiger partial charge in [0, 0.05) is 42.6 Å². The molecule has 4 aromatic rings. The lowest BCUT2D eigenvalue weighted by Crippen LogP contribution is -2.04. The van der Waals surface area contributed by atoms with Crippen molar-refractivity contribution in [1.29, 1.82) is 0 Å². The number of nitrogens with one attached hydrogen (secondary N) is 2. The Kier molecular flexibility index (Phi) is 4.54. The molecule has 6 heteroatoms. The number of H-pyrrole nitrogens is 1. The first-order valence-electron chi connectivity index (χ1n) is 8.81. The van der Waals surface area contributed by atoms with Crippen molar-refractivity contribution in [3.05, 3.63) is 82.8 Å². The van der Waals surface area contributed by atoms with Crippen LogP contribution in [0.4, 0.5) is 10.2 Å². The second-order valence-corrected chi connectivity index (χ2v) is 6.71. The predicted octanol–water partition coefficient (Wildman–Crippen LogP) is 4.31. The van der Waals surface area contributed by atoms with Crippen molar-refractivity contribution in [2.45, 2.75) is 26.8 Å². The Bertz CT molecular complexity index is 1100. The maximum absolute atomic E-state index is 13.2. The summed E-state index contributed by atoms with van der Waals surface area (Å²) in [5, 5.41) is 4.37. The number of rotatable bonds is 5. The largest absolute Gasteiger partial charge is 0.366 e. The van der Waals surface area contributed by atoms with Gasteiger partial charge in [-0.15, -0.1) is 0 Å². The molecule has 0 saturated carbocycles. The number of aromatic nitrogens is 4. The molecular formula is C21H20FN5. The number of pyridine rings is 3. The van der Waals surface area contributed by atoms with Gasteiger partial charge < -0.3 is 10.3 Å². The van der Waals surface area contributed by atoms with Gasteiger partial charge in [-0.25, -0.2) is 14.4 Å². The van der Waals surface area contributed by atoms with Crippen LogP contribution in [0.25, 0.3) is 11.0 Å². The molecule has 0 spiro atoms. The monoisotopic (exact) mass is 361 g/mol. The van der Waals surface area contributed by atoms with E-state index in [0.717, 1.165) is 45.7 Å². The van der Waals surface area contributed by atoms with Crippen molar-refractivity contribution in [3.63, 3.8) is 0 Å². The van der Waals surface area contributed by atoms with Crippen LogP contribution in [0.2, 0.25) is 0 Å². The molecule has 4 heterocycles. The molecule has 0 saturated heterocycles. The molecule has 0 unspecified atom stereocenters. The summed E-state index contributed by atoms with van der Waals surface area (Å²) in [5.41, 5.74) is 6.16. The first kappa shape index (κ1) is 17.1. The molecule has 0 aliphatic heterocycles. The predicted molar refractivity (Wildman–Crippen MR) is 104 cm³/mol. The number of hydrogen-bond acceptors (Lipinski definition) is 4. The van der Waals surface area contributed by atoms with E-state index in [4.69, 9.17) is 0 Å². The molecule has 5 nitrogen and oxygen atoms in total. The summed E-state index contributed by atoms with van der Waals surface area (Å²) in [6.45, 7) is 4.52. The molecule has 4 aromatic heterocycles. The quantitative estimate of drug-likeness (QED) is 0.556. The fourth-order valence-electron chi connectivity index (χ4n) is 3.13. The third-order valence-corrected chi connectivity index (χ3v) is 4.56. The molecular weight excluding hydrogens is 341 g/mol. The fraction of sp³-hybridized carbons (Fsp3) is 0.190. The smallest absolute Gasteiger partial charge is 0.141 e. The van der Waals surface area contributed by atoms with Crippen molar-refractivity contribution in [3.8, 4) is 0 Å². The first-order chi connectivity index (χ1) is 13.1. The van der Waals surface area contributed by atoms with Gasteiger partial charge in [0.2, 0.25) is 0 Å². The standard InChI is InChI=1S/C21H20FN5/c1-13-5-19-17(11-26-21(19)25-8-13)7-16-3-4-20(27-14(16)2)24-10-15-6-18(22)12-23-9-15/h3-6,8-9,11-12H,7,10H2,1-2H3,(H,24,27)(H,25,26). The van der Waals surface area contributed by atoms with E-state index >= 15 is 0 Å². The van der Waals surface area contributed by atoms with Crippen molar-refractivity contribution >= 4 is 16.9 Å². The lowest BCUT2D eigenvalue weighted by molar-refractivity contribution is 0.619. The fourth-order valence-corrected chi connectivity index (χ4v) is 3.13. The van der Waals surface area contributed by atoms with E-state index in [1.54, 1.807) is 6.20 Å². The summed E-state index contributed by atoms with van der Waals surface area (Å²) >= 11 is 0. The van der Waals surface area contributed by atoms with Crippen molar-refractivity contribution < 1.29 is 4.39 Å². The van der Waals surface area contributed by atoms with Crippen LogP contribution in [0.3, 0.4) is 0 Å². The second kappa shape index (κ2) is 7.15. The Labute approximate surface area is 156 Å². The summed E-state index contributed by atoms with van der Waals surface area (Å²) in [6, 6.07) is 7.65. The topological polar surface area (TPSA) is 66.5 Å². The first-order valence-corrected chi connectivity index (χ1v) is 8.81. The Hall–Kier alpha value is -3.28. The Morgan fingerprint density at radius 1 is 1.07 bits per heavy atom. The third kappa shape index (κ3) is 3.79. The molecule has 2 N–H and O–H groups in total. The van der Waals surface area contributed by atoms with E-state index in [1.807, 2.05) is 32.3 Å². The molecule has 136 valence electrons. The van der Waals surface area contributed by atoms with Crippen LogP contribution in [0.15, 0.2) is 49.1 Å². The number of hydrogen-bond donors (Lipinski definition) is 2. The molecule has 0 atom stereocenters. The van der Waals surface area contributed by atoms with E-state index in [2.05, 4.69) is 37.4 Å². The number of fused-ring (bicyclic) bond motifs is 1. The zero-order valence-electron chi connectivity index (χ0n) is 15.3. The Morgan fingerprint density at radius 3 is 2.78 bits per heavy atom. The molecule has 0 amide bonds. The number of anilines is 1. The molecule has 0 aliphatic rings. The molecule has 0 bridgehead atoms. The van der Waals surface area contributed by atoms with Crippen LogP contribution >= 0.6 is 0 Å². The van der Waals surface area contributed by atoms with E-state index in [1.165, 1.54) is 17.8 Å². The normalized spacial score (nSPS) is 11.1. The van der Waals surface area contributed by atoms with Crippen LogP contribution in [0.1, 0.15) is 27.9 Å². The molecule has 0 radical (unpaired) electrons. The SMILES string of the molecule is Cc1cnc2[nH]cc(Cc3ccc(NCc4cncc(F)c4)nc3C)c2c1. The summed E-state index contributed by atoms with van der Waals surface area (Å²) in [5.74, 6) is 0.425. The highest BCUT2D eigenvalue weighted by molar-refractivity contribution is 5.80. The minimum Gasteiger partial charge on any atom is -0.366 e. The Balaban J connectivity index is 1.50. The summed E-state index contributed by atoms with van der Waals surface area (Å²) in [4.78, 5) is 16.2. The number of aromatic amines is 1. The minimum atomic E-state index is -0.336. The van der Waals surface area contributed by atoms with Crippen LogP contribution < -0.4 is 5.32 Å². The molecule has 0 fully saturated rings. The van der Waals surface area contributed by atoms with Crippen LogP contribution in [0.5, 0.6) is 0 Å². The second-order valence-electron chi connectivity index (χ2n) is 6.71. The van der Waals surface area contributed by atoms with Gasteiger partial charge in [-0.1, -0.05) is 6.07 Å². The van der Waals surface area contributed by atoms with Crippen LogP contribution in [0, 0.1) is 19.7 Å². The lowest BCUT2D eigenvalue weighted by atomic mass is 10.0. The average molecular weight is 361 g/mol. The van der Waals surface area contributed by atoms with Crippen molar-refractivity contribution in [1.82, 2.24) is 19.9 Å². The van der Waals surface area contributed by atoms with Crippen LogP contribution in [-0.2, 0) is 13.0 Å². The average Bonchev–Trinajstić information content (AvgIpc) is 3.04. The molecule has 0 aliphatic carbocycles. The molecule has 27 heavy (non-hydrogen) atoms. The lowest BCUT2D eigenvalue weighted by Gasteiger charge is -2.10. The minimum absolute atomic E-state index is 0.336. The highest BCUT2D eigenvalue weighted by Crippen LogP contribution is 2.22. The van der Waals surface area contributed by atoms with Gasteiger partial charge in [-0.2, -0.15) is 0 Å². The van der Waals surface area contributed by atoms with Crippen LogP contribution in [-0.4, -0.2) is 19.9 Å². The van der Waals surface area contributed by atoms with Gasteiger partial charge in [0.1, 0.15) is 17.3 Å². The van der Waals surface area contributed by atoms with Crippen molar-refractivity contribution in [2.75, 3.05) is 5.32 Å². The molecule has 4 rings (SSSR count). The van der Waals surface area contributed by atoms with Gasteiger partial charge in [-0.3, -0.25) is 4.98 Å². The van der Waals surface area contributed by atoms with Gasteiger partial charge in [0.05, 0.1) is 6.20 Å². The summed E-state index contributed by atoms with van der Waals surface area (Å²) in [7, 11) is 0. The maximum Gasteiger partial charge on any atom is 0.141 e. The summed E-state index contributed by atoms with van der Waals surface area (Å²) < 4.78 is 13.2. The zero-order chi connectivity index (χ0) is 18.8. The maximum atomic E-state index is 13.2.